The Morgan fingerprint density at radius 1 is 1.21 bits per heavy atom. The van der Waals surface area contributed by atoms with Crippen LogP contribution >= 0.6 is 0 Å². The maximum atomic E-state index is 3.81. The maximum absolute atomic E-state index is 3.81. The van der Waals surface area contributed by atoms with E-state index in [2.05, 4.69) is 49.5 Å². The van der Waals surface area contributed by atoms with E-state index in [1.807, 2.05) is 0 Å². The first-order valence-electron chi connectivity index (χ1n) is 8.08. The average molecular weight is 259 g/mol. The van der Waals surface area contributed by atoms with E-state index >= 15 is 0 Å². The molecule has 0 aliphatic heterocycles. The zero-order chi connectivity index (χ0) is 13.5. The third kappa shape index (κ3) is 4.35. The zero-order valence-corrected chi connectivity index (χ0v) is 12.6. The van der Waals surface area contributed by atoms with E-state index in [-0.39, 0.29) is 0 Å². The summed E-state index contributed by atoms with van der Waals surface area (Å²) in [4.78, 5) is 0. The first-order chi connectivity index (χ1) is 9.31. The molecule has 2 rings (SSSR count). The Balaban J connectivity index is 1.90. The summed E-state index contributed by atoms with van der Waals surface area (Å²) in [5.74, 6) is 1.81. The molecular weight excluding hydrogens is 230 g/mol. The van der Waals surface area contributed by atoms with Gasteiger partial charge in [0.05, 0.1) is 0 Å². The Hall–Kier alpha value is -0.820. The highest BCUT2D eigenvalue weighted by Crippen LogP contribution is 2.35. The first kappa shape index (κ1) is 14.6. The summed E-state index contributed by atoms with van der Waals surface area (Å²) >= 11 is 0. The second-order valence-corrected chi connectivity index (χ2v) is 6.16. The van der Waals surface area contributed by atoms with Gasteiger partial charge in [0.1, 0.15) is 0 Å². The number of hydrogen-bond acceptors (Lipinski definition) is 1. The number of benzene rings is 1. The van der Waals surface area contributed by atoms with Crippen LogP contribution in [0.3, 0.4) is 0 Å². The molecule has 1 heteroatoms. The average Bonchev–Trinajstić information content (AvgIpc) is 2.86. The van der Waals surface area contributed by atoms with Gasteiger partial charge in [0.15, 0.2) is 0 Å². The van der Waals surface area contributed by atoms with Crippen molar-refractivity contribution in [3.05, 3.63) is 35.9 Å². The van der Waals surface area contributed by atoms with Crippen LogP contribution in [0.4, 0.5) is 0 Å². The van der Waals surface area contributed by atoms with E-state index in [9.17, 15) is 0 Å². The molecule has 1 aromatic carbocycles. The molecule has 1 aliphatic carbocycles. The van der Waals surface area contributed by atoms with Crippen LogP contribution in [0.5, 0.6) is 0 Å². The number of hydrogen-bond donors (Lipinski definition) is 1. The molecule has 0 bridgehead atoms. The van der Waals surface area contributed by atoms with Crippen molar-refractivity contribution in [2.75, 3.05) is 6.54 Å². The Bertz CT molecular complexity index is 346. The van der Waals surface area contributed by atoms with Crippen molar-refractivity contribution < 1.29 is 0 Å². The molecule has 1 N–H and O–H groups in total. The molecule has 0 radical (unpaired) electrons. The molecule has 0 aromatic heterocycles. The Kier molecular flexibility index (Phi) is 5.91. The van der Waals surface area contributed by atoms with E-state index in [4.69, 9.17) is 0 Å². The van der Waals surface area contributed by atoms with Crippen molar-refractivity contribution in [3.63, 3.8) is 0 Å². The largest absolute Gasteiger partial charge is 0.314 e. The third-order valence-corrected chi connectivity index (χ3v) is 4.69. The van der Waals surface area contributed by atoms with Gasteiger partial charge in [-0.3, -0.25) is 0 Å². The molecule has 1 nitrogen and oxygen atoms in total. The Morgan fingerprint density at radius 2 is 2.00 bits per heavy atom. The molecule has 106 valence electrons. The first-order valence-corrected chi connectivity index (χ1v) is 8.08. The van der Waals surface area contributed by atoms with Crippen LogP contribution in [-0.4, -0.2) is 12.6 Å². The monoisotopic (exact) mass is 259 g/mol. The number of aryl methyl sites for hydroxylation is 1. The van der Waals surface area contributed by atoms with Gasteiger partial charge in [-0.25, -0.2) is 0 Å². The highest BCUT2D eigenvalue weighted by molar-refractivity contribution is 5.14. The molecule has 0 saturated heterocycles. The fraction of sp³-hybridized carbons (Fsp3) is 0.667. The quantitative estimate of drug-likeness (QED) is 0.764. The summed E-state index contributed by atoms with van der Waals surface area (Å²) in [5.41, 5.74) is 1.48. The molecule has 19 heavy (non-hydrogen) atoms. The summed E-state index contributed by atoms with van der Waals surface area (Å²) in [6.45, 7) is 5.88. The fourth-order valence-corrected chi connectivity index (χ4v) is 3.54. The normalized spacial score (nSPS) is 24.5. The van der Waals surface area contributed by atoms with Gasteiger partial charge in [0, 0.05) is 6.04 Å². The lowest BCUT2D eigenvalue weighted by Gasteiger charge is -2.28. The van der Waals surface area contributed by atoms with Gasteiger partial charge >= 0.3 is 0 Å². The minimum atomic E-state index is 0.720. The second-order valence-electron chi connectivity index (χ2n) is 6.16. The van der Waals surface area contributed by atoms with E-state index in [1.165, 1.54) is 50.6 Å². The van der Waals surface area contributed by atoms with Gasteiger partial charge < -0.3 is 5.32 Å². The predicted octanol–water partition coefficient (Wildman–Crippen LogP) is 4.42. The van der Waals surface area contributed by atoms with Crippen LogP contribution in [0.25, 0.3) is 0 Å². The van der Waals surface area contributed by atoms with Gasteiger partial charge in [-0.15, -0.1) is 0 Å². The lowest BCUT2D eigenvalue weighted by molar-refractivity contribution is 0.284. The summed E-state index contributed by atoms with van der Waals surface area (Å²) in [7, 11) is 0. The standard InChI is InChI=1S/C18H29N/c1-3-14-19-18(17-11-7-8-15(17)2)13-12-16-9-5-4-6-10-16/h4-6,9-10,15,17-19H,3,7-8,11-14H2,1-2H3. The Labute approximate surface area is 118 Å². The van der Waals surface area contributed by atoms with Crippen LogP contribution < -0.4 is 5.32 Å². The van der Waals surface area contributed by atoms with Crippen molar-refractivity contribution in [3.8, 4) is 0 Å². The van der Waals surface area contributed by atoms with E-state index in [0.717, 1.165) is 17.9 Å². The molecule has 3 unspecified atom stereocenters. The highest BCUT2D eigenvalue weighted by Gasteiger charge is 2.30. The van der Waals surface area contributed by atoms with Gasteiger partial charge in [0.2, 0.25) is 0 Å². The molecule has 0 heterocycles. The summed E-state index contributed by atoms with van der Waals surface area (Å²) in [5, 5.41) is 3.81. The van der Waals surface area contributed by atoms with E-state index < -0.39 is 0 Å². The molecule has 1 fully saturated rings. The van der Waals surface area contributed by atoms with Crippen molar-refractivity contribution in [2.45, 2.75) is 58.4 Å². The molecule has 1 aliphatic rings. The van der Waals surface area contributed by atoms with Gasteiger partial charge in [0.25, 0.3) is 0 Å². The maximum Gasteiger partial charge on any atom is 0.0101 e. The molecule has 3 atom stereocenters. The number of nitrogens with one attached hydrogen (secondary N) is 1. The van der Waals surface area contributed by atoms with Crippen LogP contribution in [0, 0.1) is 11.8 Å². The summed E-state index contributed by atoms with van der Waals surface area (Å²) < 4.78 is 0. The van der Waals surface area contributed by atoms with Crippen LogP contribution in [0.1, 0.15) is 51.5 Å². The molecule has 1 aromatic rings. The van der Waals surface area contributed by atoms with Crippen molar-refractivity contribution in [2.24, 2.45) is 11.8 Å². The highest BCUT2D eigenvalue weighted by atomic mass is 14.9. The van der Waals surface area contributed by atoms with Gasteiger partial charge in [-0.2, -0.15) is 0 Å². The topological polar surface area (TPSA) is 12.0 Å². The second kappa shape index (κ2) is 7.69. The summed E-state index contributed by atoms with van der Waals surface area (Å²) in [6, 6.07) is 11.7. The molecule has 1 saturated carbocycles. The lowest BCUT2D eigenvalue weighted by atomic mass is 9.86. The zero-order valence-electron chi connectivity index (χ0n) is 12.6. The SMILES string of the molecule is CCCNC(CCc1ccccc1)C1CCCC1C. The van der Waals surface area contributed by atoms with Crippen LogP contribution in [0.2, 0.25) is 0 Å². The Morgan fingerprint density at radius 3 is 2.63 bits per heavy atom. The third-order valence-electron chi connectivity index (χ3n) is 4.69. The van der Waals surface area contributed by atoms with Crippen molar-refractivity contribution >= 4 is 0 Å². The lowest BCUT2D eigenvalue weighted by Crippen LogP contribution is -2.38. The summed E-state index contributed by atoms with van der Waals surface area (Å²) in [6.07, 6.45) is 8.03. The molecule has 0 amide bonds. The van der Waals surface area contributed by atoms with Crippen LogP contribution in [-0.2, 0) is 6.42 Å². The minimum absolute atomic E-state index is 0.720. The van der Waals surface area contributed by atoms with Gasteiger partial charge in [-0.05, 0) is 49.6 Å². The van der Waals surface area contributed by atoms with Crippen molar-refractivity contribution in [1.29, 1.82) is 0 Å². The molecular formula is C18H29N. The fourth-order valence-electron chi connectivity index (χ4n) is 3.54. The smallest absolute Gasteiger partial charge is 0.0101 e. The minimum Gasteiger partial charge on any atom is -0.314 e. The van der Waals surface area contributed by atoms with E-state index in [0.29, 0.717) is 0 Å². The van der Waals surface area contributed by atoms with Crippen molar-refractivity contribution in [1.82, 2.24) is 5.32 Å². The number of rotatable bonds is 7. The van der Waals surface area contributed by atoms with Crippen LogP contribution in [0.15, 0.2) is 30.3 Å². The predicted molar refractivity (Wildman–Crippen MR) is 83.3 cm³/mol. The van der Waals surface area contributed by atoms with Gasteiger partial charge in [-0.1, -0.05) is 57.0 Å². The molecule has 0 spiro atoms. The van der Waals surface area contributed by atoms with E-state index in [1.54, 1.807) is 0 Å².